The van der Waals surface area contributed by atoms with E-state index in [0.29, 0.717) is 12.2 Å². The normalized spacial score (nSPS) is 22.8. The first kappa shape index (κ1) is 17.1. The summed E-state index contributed by atoms with van der Waals surface area (Å²) in [5.41, 5.74) is -4.69. The molecule has 8 heteroatoms. The Balaban J connectivity index is 2.12. The molecule has 124 valence electrons. The maximum Gasteiger partial charge on any atom is 0.501 e. The Bertz CT molecular complexity index is 613. The van der Waals surface area contributed by atoms with Crippen molar-refractivity contribution in [1.29, 1.82) is 0 Å². The van der Waals surface area contributed by atoms with Gasteiger partial charge in [0.15, 0.2) is 0 Å². The molecule has 2 atom stereocenters. The van der Waals surface area contributed by atoms with Gasteiger partial charge in [0.05, 0.1) is 11.0 Å². The fourth-order valence-corrected chi connectivity index (χ4v) is 3.46. The van der Waals surface area contributed by atoms with E-state index in [1.54, 1.807) is 7.05 Å². The van der Waals surface area contributed by atoms with Crippen molar-refractivity contribution < 1.29 is 26.7 Å². The van der Waals surface area contributed by atoms with Gasteiger partial charge in [0.1, 0.15) is 0 Å². The van der Waals surface area contributed by atoms with Crippen LogP contribution in [-0.4, -0.2) is 38.7 Å². The van der Waals surface area contributed by atoms with Crippen LogP contribution in [0.1, 0.15) is 19.3 Å². The highest BCUT2D eigenvalue weighted by Crippen LogP contribution is 2.32. The second-order valence-electron chi connectivity index (χ2n) is 5.58. The molecule has 1 aliphatic carbocycles. The Hall–Kier alpha value is -1.28. The van der Waals surface area contributed by atoms with Gasteiger partial charge in [-0.2, -0.15) is 13.2 Å². The molecular formula is C14H18F3NO3S. The molecule has 1 aromatic rings. The number of nitrogens with zero attached hydrogens (tertiary/aromatic N) is 1. The zero-order valence-electron chi connectivity index (χ0n) is 12.0. The average molecular weight is 337 g/mol. The van der Waals surface area contributed by atoms with Gasteiger partial charge in [-0.1, -0.05) is 6.42 Å². The third kappa shape index (κ3) is 3.38. The fraction of sp³-hybridized carbons (Fsp3) is 0.571. The number of benzene rings is 1. The van der Waals surface area contributed by atoms with Crippen LogP contribution in [0.25, 0.3) is 0 Å². The van der Waals surface area contributed by atoms with Crippen LogP contribution in [0.15, 0.2) is 29.2 Å². The molecule has 0 bridgehead atoms. The second kappa shape index (κ2) is 6.08. The number of hydrogen-bond acceptors (Lipinski definition) is 4. The van der Waals surface area contributed by atoms with E-state index in [1.807, 2.05) is 4.90 Å². The molecule has 1 aromatic carbocycles. The highest BCUT2D eigenvalue weighted by Gasteiger charge is 2.46. The molecule has 0 amide bonds. The summed E-state index contributed by atoms with van der Waals surface area (Å²) in [5.74, 6) is 0.128. The number of aliphatic hydroxyl groups excluding tert-OH is 1. The standard InChI is InChI=1S/C14H18F3NO3S/c1-18(9-10-3-2-4-13(10)19)11-5-7-12(8-6-11)22(20,21)14(15,16)17/h5-8,10,13,19H,2-4,9H2,1H3/t10-,13+/m1/s1. The van der Waals surface area contributed by atoms with Crippen LogP contribution in [0.2, 0.25) is 0 Å². The first-order valence-corrected chi connectivity index (χ1v) is 8.42. The maximum absolute atomic E-state index is 12.5. The van der Waals surface area contributed by atoms with Crippen molar-refractivity contribution in [2.75, 3.05) is 18.5 Å². The molecule has 0 aromatic heterocycles. The zero-order valence-corrected chi connectivity index (χ0v) is 12.9. The quantitative estimate of drug-likeness (QED) is 0.917. The van der Waals surface area contributed by atoms with Gasteiger partial charge < -0.3 is 10.0 Å². The van der Waals surface area contributed by atoms with Gasteiger partial charge in [0.2, 0.25) is 0 Å². The number of sulfone groups is 1. The first-order chi connectivity index (χ1) is 10.1. The number of halogens is 3. The summed E-state index contributed by atoms with van der Waals surface area (Å²) in [6.45, 7) is 0.576. The van der Waals surface area contributed by atoms with Crippen molar-refractivity contribution in [2.45, 2.75) is 35.8 Å². The van der Waals surface area contributed by atoms with Crippen molar-refractivity contribution in [3.8, 4) is 0 Å². The van der Waals surface area contributed by atoms with Crippen LogP contribution in [0, 0.1) is 5.92 Å². The van der Waals surface area contributed by atoms with Crippen LogP contribution >= 0.6 is 0 Å². The Labute approximate surface area is 127 Å². The lowest BCUT2D eigenvalue weighted by Gasteiger charge is -2.25. The van der Waals surface area contributed by atoms with E-state index in [-0.39, 0.29) is 12.0 Å². The highest BCUT2D eigenvalue weighted by atomic mass is 32.2. The monoisotopic (exact) mass is 337 g/mol. The Morgan fingerprint density at radius 2 is 1.82 bits per heavy atom. The van der Waals surface area contributed by atoms with Gasteiger partial charge >= 0.3 is 5.51 Å². The molecule has 0 aliphatic heterocycles. The highest BCUT2D eigenvalue weighted by molar-refractivity contribution is 7.92. The summed E-state index contributed by atoms with van der Waals surface area (Å²) in [4.78, 5) is 1.04. The lowest BCUT2D eigenvalue weighted by Crippen LogP contribution is -2.29. The molecule has 1 saturated carbocycles. The predicted octanol–water partition coefficient (Wildman–Crippen LogP) is 2.58. The summed E-state index contributed by atoms with van der Waals surface area (Å²) in [7, 11) is -3.55. The largest absolute Gasteiger partial charge is 0.501 e. The Kier molecular flexibility index (Phi) is 4.72. The van der Waals surface area contributed by atoms with Crippen molar-refractivity contribution in [2.24, 2.45) is 5.92 Å². The van der Waals surface area contributed by atoms with Gasteiger partial charge in [-0.15, -0.1) is 0 Å². The molecule has 1 aliphatic rings. The summed E-state index contributed by atoms with van der Waals surface area (Å²) < 4.78 is 60.0. The molecule has 4 nitrogen and oxygen atoms in total. The smallest absolute Gasteiger partial charge is 0.393 e. The van der Waals surface area contributed by atoms with E-state index >= 15 is 0 Å². The molecule has 1 fully saturated rings. The average Bonchev–Trinajstić information content (AvgIpc) is 2.83. The summed E-state index contributed by atoms with van der Waals surface area (Å²) in [6.07, 6.45) is 2.28. The Morgan fingerprint density at radius 1 is 1.23 bits per heavy atom. The van der Waals surface area contributed by atoms with Gasteiger partial charge in [-0.05, 0) is 37.1 Å². The molecule has 0 heterocycles. The summed E-state index contributed by atoms with van der Waals surface area (Å²) in [5, 5.41) is 9.79. The van der Waals surface area contributed by atoms with E-state index in [9.17, 15) is 26.7 Å². The number of anilines is 1. The zero-order chi connectivity index (χ0) is 16.5. The minimum atomic E-state index is -5.31. The van der Waals surface area contributed by atoms with Crippen molar-refractivity contribution in [3.05, 3.63) is 24.3 Å². The van der Waals surface area contributed by atoms with Gasteiger partial charge in [-0.3, -0.25) is 0 Å². The summed E-state index contributed by atoms with van der Waals surface area (Å²) in [6, 6.07) is 4.61. The minimum absolute atomic E-state index is 0.128. The van der Waals surface area contributed by atoms with Gasteiger partial charge in [0, 0.05) is 25.2 Å². The molecule has 1 N–H and O–H groups in total. The lowest BCUT2D eigenvalue weighted by molar-refractivity contribution is -0.0436. The van der Waals surface area contributed by atoms with Crippen LogP contribution in [0.3, 0.4) is 0 Å². The van der Waals surface area contributed by atoms with Gasteiger partial charge in [-0.25, -0.2) is 8.42 Å². The number of aliphatic hydroxyl groups is 1. The third-order valence-electron chi connectivity index (χ3n) is 4.02. The topological polar surface area (TPSA) is 57.6 Å². The van der Waals surface area contributed by atoms with Crippen LogP contribution in [0.5, 0.6) is 0 Å². The van der Waals surface area contributed by atoms with E-state index in [0.717, 1.165) is 31.4 Å². The van der Waals surface area contributed by atoms with E-state index in [1.165, 1.54) is 12.1 Å². The molecule has 0 unspecified atom stereocenters. The molecule has 22 heavy (non-hydrogen) atoms. The summed E-state index contributed by atoms with van der Waals surface area (Å²) >= 11 is 0. The van der Waals surface area contributed by atoms with E-state index < -0.39 is 20.2 Å². The minimum Gasteiger partial charge on any atom is -0.393 e. The van der Waals surface area contributed by atoms with E-state index in [2.05, 4.69) is 0 Å². The molecule has 0 spiro atoms. The van der Waals surface area contributed by atoms with Crippen molar-refractivity contribution in [3.63, 3.8) is 0 Å². The fourth-order valence-electron chi connectivity index (χ4n) is 2.70. The predicted molar refractivity (Wildman–Crippen MR) is 76.3 cm³/mol. The third-order valence-corrected chi connectivity index (χ3v) is 5.52. The number of alkyl halides is 3. The SMILES string of the molecule is CN(C[C@H]1CCC[C@@H]1O)c1ccc(S(=O)(=O)C(F)(F)F)cc1. The van der Waals surface area contributed by atoms with Crippen LogP contribution < -0.4 is 4.90 Å². The number of rotatable bonds is 4. The van der Waals surface area contributed by atoms with Crippen LogP contribution in [-0.2, 0) is 9.84 Å². The lowest BCUT2D eigenvalue weighted by atomic mass is 10.1. The molecule has 2 rings (SSSR count). The molecular weight excluding hydrogens is 319 g/mol. The van der Waals surface area contributed by atoms with Crippen molar-refractivity contribution in [1.82, 2.24) is 0 Å². The second-order valence-corrected chi connectivity index (χ2v) is 7.52. The van der Waals surface area contributed by atoms with Crippen molar-refractivity contribution >= 4 is 15.5 Å². The Morgan fingerprint density at radius 3 is 2.27 bits per heavy atom. The molecule has 0 radical (unpaired) electrons. The van der Waals surface area contributed by atoms with Gasteiger partial charge in [0.25, 0.3) is 9.84 Å². The van der Waals surface area contributed by atoms with Crippen LogP contribution in [0.4, 0.5) is 18.9 Å². The first-order valence-electron chi connectivity index (χ1n) is 6.93. The number of hydrogen-bond donors (Lipinski definition) is 1. The molecule has 0 saturated heterocycles. The van der Waals surface area contributed by atoms with E-state index in [4.69, 9.17) is 0 Å². The maximum atomic E-state index is 12.5.